The number of anilines is 1. The molecule has 1 amide bonds. The minimum absolute atomic E-state index is 0.00342. The fourth-order valence-corrected chi connectivity index (χ4v) is 3.85. The minimum atomic E-state index is -0.378. The van der Waals surface area contributed by atoms with E-state index in [1.165, 1.54) is 12.7 Å². The van der Waals surface area contributed by atoms with Gasteiger partial charge in [0.05, 0.1) is 56.1 Å². The quantitative estimate of drug-likeness (QED) is 0.127. The number of hydrogen-bond donors (Lipinski definition) is 4. The summed E-state index contributed by atoms with van der Waals surface area (Å²) in [6, 6.07) is 3.29. The van der Waals surface area contributed by atoms with Crippen LogP contribution >= 0.6 is 0 Å². The minimum Gasteiger partial charge on any atom is -0.390 e. The lowest BCUT2D eigenvalue weighted by atomic mass is 10.1. The topological polar surface area (TPSA) is 231 Å². The third-order valence-electron chi connectivity index (χ3n) is 5.66. The highest BCUT2D eigenvalue weighted by Crippen LogP contribution is 2.22. The van der Waals surface area contributed by atoms with Crippen molar-refractivity contribution in [2.45, 2.75) is 26.6 Å². The molecule has 0 fully saturated rings. The van der Waals surface area contributed by atoms with Crippen LogP contribution in [0.1, 0.15) is 17.3 Å². The zero-order valence-corrected chi connectivity index (χ0v) is 20.9. The van der Waals surface area contributed by atoms with Gasteiger partial charge in [-0.1, -0.05) is 10.4 Å². The Morgan fingerprint density at radius 2 is 1.74 bits per heavy atom. The lowest BCUT2D eigenvalue weighted by molar-refractivity contribution is 0.0956. The number of hydrogen-bond acceptors (Lipinski definition) is 11. The van der Waals surface area contributed by atoms with Gasteiger partial charge < -0.3 is 21.4 Å². The van der Waals surface area contributed by atoms with Gasteiger partial charge in [0.15, 0.2) is 11.2 Å². The largest absolute Gasteiger partial charge is 0.390 e. The Morgan fingerprint density at radius 3 is 2.41 bits per heavy atom. The smallest absolute Gasteiger partial charge is 0.278 e. The Hall–Kier alpha value is -5.48. The van der Waals surface area contributed by atoms with Gasteiger partial charge in [-0.2, -0.15) is 4.98 Å². The highest BCUT2D eigenvalue weighted by Gasteiger charge is 2.16. The molecule has 39 heavy (non-hydrogen) atoms. The van der Waals surface area contributed by atoms with Gasteiger partial charge in [0.2, 0.25) is 5.95 Å². The van der Waals surface area contributed by atoms with Crippen LogP contribution in [0.4, 0.5) is 5.95 Å². The first-order chi connectivity index (χ1) is 18.9. The normalized spacial score (nSPS) is 11.5. The molecule has 5 aromatic heterocycles. The third kappa shape index (κ3) is 5.45. The first kappa shape index (κ1) is 25.2. The van der Waals surface area contributed by atoms with Gasteiger partial charge in [-0.25, -0.2) is 14.6 Å². The molecule has 0 saturated heterocycles. The molecule has 5 heterocycles. The standard InChI is InChI=1S/C22H25N15O2/c1-2-26-20(38)13-7-14(16-9-36(33-31-16)4-3-25-11-23)28-15(8-13)17-10-37(34-32-17)6-5-35-12-27-19-18(35)21(39)30-22(24)29-19/h7-12H,2-6H2,1H3,(H2,23,25)(H,26,38)(H3,24,29,30,39). The Bertz CT molecular complexity index is 1710. The zero-order chi connectivity index (χ0) is 27.4. The predicted molar refractivity (Wildman–Crippen MR) is 140 cm³/mol. The molecule has 0 aliphatic heterocycles. The molecular formula is C22H25N15O2. The second-order valence-electron chi connectivity index (χ2n) is 8.34. The SMILES string of the molecule is CCNC(=O)c1cc(-c2cn(CCN=CN)nn2)nc(-c2cn(CCn3cnc4nc(N)[nH]c(=O)c43)nn2)c1. The number of carbonyl (C=O) groups excluding carboxylic acids is 1. The zero-order valence-electron chi connectivity index (χ0n) is 20.9. The highest BCUT2D eigenvalue weighted by molar-refractivity contribution is 5.96. The van der Waals surface area contributed by atoms with E-state index in [1.54, 1.807) is 38.5 Å². The average Bonchev–Trinajstić information content (AvgIpc) is 3.67. The molecule has 0 saturated carbocycles. The van der Waals surface area contributed by atoms with Crippen molar-refractivity contribution >= 4 is 29.4 Å². The van der Waals surface area contributed by atoms with Crippen molar-refractivity contribution in [2.24, 2.45) is 10.7 Å². The number of carbonyl (C=O) groups is 1. The number of amides is 1. The fourth-order valence-electron chi connectivity index (χ4n) is 3.85. The summed E-state index contributed by atoms with van der Waals surface area (Å²) < 4.78 is 4.89. The Balaban J connectivity index is 1.40. The molecule has 6 N–H and O–H groups in total. The van der Waals surface area contributed by atoms with E-state index in [0.717, 1.165) is 0 Å². The molecule has 5 rings (SSSR count). The van der Waals surface area contributed by atoms with Gasteiger partial charge in [-0.3, -0.25) is 24.2 Å². The Labute approximate surface area is 220 Å². The average molecular weight is 532 g/mol. The van der Waals surface area contributed by atoms with Crippen molar-refractivity contribution in [3.05, 3.63) is 46.8 Å². The molecule has 5 aromatic rings. The number of aromatic nitrogens is 11. The number of H-pyrrole nitrogens is 1. The van der Waals surface area contributed by atoms with Crippen LogP contribution in [0.2, 0.25) is 0 Å². The molecule has 17 nitrogen and oxygen atoms in total. The van der Waals surface area contributed by atoms with Crippen LogP contribution in [0.25, 0.3) is 33.9 Å². The van der Waals surface area contributed by atoms with E-state index in [0.29, 0.717) is 66.6 Å². The summed E-state index contributed by atoms with van der Waals surface area (Å²) in [6.45, 7) is 4.00. The van der Waals surface area contributed by atoms with Gasteiger partial charge in [0.25, 0.3) is 11.5 Å². The molecule has 0 aliphatic carbocycles. The van der Waals surface area contributed by atoms with Gasteiger partial charge in [-0.05, 0) is 19.1 Å². The summed E-state index contributed by atoms with van der Waals surface area (Å²) in [5.41, 5.74) is 13.3. The van der Waals surface area contributed by atoms with Crippen molar-refractivity contribution in [1.82, 2.24) is 59.8 Å². The van der Waals surface area contributed by atoms with Gasteiger partial charge in [0.1, 0.15) is 11.4 Å². The van der Waals surface area contributed by atoms with Crippen LogP contribution in [-0.2, 0) is 19.6 Å². The molecule has 0 unspecified atom stereocenters. The van der Waals surface area contributed by atoms with Crippen LogP contribution in [0.3, 0.4) is 0 Å². The van der Waals surface area contributed by atoms with Gasteiger partial charge in [0, 0.05) is 18.7 Å². The van der Waals surface area contributed by atoms with E-state index in [-0.39, 0.29) is 23.1 Å². The molecule has 0 bridgehead atoms. The number of fused-ring (bicyclic) bond motifs is 1. The van der Waals surface area contributed by atoms with Crippen molar-refractivity contribution in [1.29, 1.82) is 0 Å². The second-order valence-corrected chi connectivity index (χ2v) is 8.34. The summed E-state index contributed by atoms with van der Waals surface area (Å²) in [6.07, 6.45) is 6.17. The number of nitrogens with zero attached hydrogens (tertiary/aromatic N) is 11. The second kappa shape index (κ2) is 10.9. The predicted octanol–water partition coefficient (Wildman–Crippen LogP) is -0.949. The maximum Gasteiger partial charge on any atom is 0.278 e. The van der Waals surface area contributed by atoms with Crippen LogP contribution in [-0.4, -0.2) is 79.8 Å². The van der Waals surface area contributed by atoms with E-state index in [1.807, 2.05) is 6.92 Å². The van der Waals surface area contributed by atoms with E-state index in [4.69, 9.17) is 11.5 Å². The van der Waals surface area contributed by atoms with Crippen LogP contribution in [0.15, 0.2) is 40.6 Å². The number of imidazole rings is 1. The molecule has 200 valence electrons. The maximum atomic E-state index is 12.7. The molecule has 0 aliphatic rings. The number of rotatable bonds is 10. The summed E-state index contributed by atoms with van der Waals surface area (Å²) in [5, 5.41) is 19.5. The number of nitrogen functional groups attached to an aromatic ring is 1. The lowest BCUT2D eigenvalue weighted by Crippen LogP contribution is -2.22. The third-order valence-corrected chi connectivity index (χ3v) is 5.66. The lowest BCUT2D eigenvalue weighted by Gasteiger charge is -2.06. The summed E-state index contributed by atoms with van der Waals surface area (Å²) in [5.74, 6) is -0.255. The van der Waals surface area contributed by atoms with Crippen LogP contribution < -0.4 is 22.3 Å². The number of nitrogens with one attached hydrogen (secondary N) is 2. The Kier molecular flexibility index (Phi) is 7.02. The van der Waals surface area contributed by atoms with E-state index >= 15 is 0 Å². The first-order valence-corrected chi connectivity index (χ1v) is 12.0. The molecule has 0 aromatic carbocycles. The Morgan fingerprint density at radius 1 is 1.05 bits per heavy atom. The van der Waals surface area contributed by atoms with Crippen molar-refractivity contribution < 1.29 is 4.79 Å². The molecule has 0 atom stereocenters. The summed E-state index contributed by atoms with van der Waals surface area (Å²) >= 11 is 0. The van der Waals surface area contributed by atoms with Gasteiger partial charge in [-0.15, -0.1) is 10.2 Å². The van der Waals surface area contributed by atoms with E-state index < -0.39 is 0 Å². The van der Waals surface area contributed by atoms with Crippen molar-refractivity contribution in [3.63, 3.8) is 0 Å². The summed E-state index contributed by atoms with van der Waals surface area (Å²) in [7, 11) is 0. The molecule has 17 heteroatoms. The maximum absolute atomic E-state index is 12.7. The van der Waals surface area contributed by atoms with Crippen molar-refractivity contribution in [2.75, 3.05) is 18.8 Å². The van der Waals surface area contributed by atoms with E-state index in [9.17, 15) is 9.59 Å². The number of pyridine rings is 1. The number of aliphatic imine (C=N–C) groups is 1. The van der Waals surface area contributed by atoms with Crippen molar-refractivity contribution in [3.8, 4) is 22.8 Å². The fraction of sp³-hybridized carbons (Fsp3) is 0.273. The molecule has 0 spiro atoms. The number of aromatic amines is 1. The van der Waals surface area contributed by atoms with Crippen LogP contribution in [0.5, 0.6) is 0 Å². The first-order valence-electron chi connectivity index (χ1n) is 12.0. The molecule has 0 radical (unpaired) electrons. The number of aryl methyl sites for hydroxylation is 2. The number of nitrogens with two attached hydrogens (primary N) is 2. The van der Waals surface area contributed by atoms with Gasteiger partial charge >= 0.3 is 0 Å². The molecular weight excluding hydrogens is 506 g/mol. The van der Waals surface area contributed by atoms with E-state index in [2.05, 4.69) is 50.9 Å². The van der Waals surface area contributed by atoms with Crippen LogP contribution in [0, 0.1) is 0 Å². The summed E-state index contributed by atoms with van der Waals surface area (Å²) in [4.78, 5) is 44.3. The monoisotopic (exact) mass is 531 g/mol. The highest BCUT2D eigenvalue weighted by atomic mass is 16.1.